The third kappa shape index (κ3) is 9.40. The summed E-state index contributed by atoms with van der Waals surface area (Å²) in [5.74, 6) is 0.209. The summed E-state index contributed by atoms with van der Waals surface area (Å²) in [4.78, 5) is 26.4. The number of nitrogens with zero attached hydrogens (tertiary/aromatic N) is 4. The second kappa shape index (κ2) is 14.2. The molecule has 2 aliphatic rings. The van der Waals surface area contributed by atoms with E-state index in [1.54, 1.807) is 12.4 Å². The Labute approximate surface area is 306 Å². The standard InChI is InChI=1S/C45H56N4O2/c1-41(2,3)35-23-29(24-36(39(35)50)42(4,5)6)27-46-48-33-19-15-31(16-20-33)45(13,14)32-17-21-34(22-18-32)49-47-28-30-25-37(43(7,8)9)40(51)38(26-30)44(10,11)12/h15-28H,1-14H3. The first-order valence-corrected chi connectivity index (χ1v) is 17.8. The van der Waals surface area contributed by atoms with Gasteiger partial charge in [0.15, 0.2) is 11.6 Å². The number of allylic oxidation sites excluding steroid dienone is 10. The van der Waals surface area contributed by atoms with Crippen molar-refractivity contribution in [3.63, 3.8) is 0 Å². The number of carbonyl (C=O) groups is 2. The molecule has 6 heteroatoms. The molecule has 0 unspecified atom stereocenters. The fourth-order valence-electron chi connectivity index (χ4n) is 6.06. The number of azo groups is 2. The Hall–Kier alpha value is -4.58. The molecular weight excluding hydrogens is 629 g/mol. The number of Topliss-reactive ketones (excluding diaryl/α,β-unsaturated/α-hetero) is 2. The largest absolute Gasteiger partial charge is 0.289 e. The van der Waals surface area contributed by atoms with Crippen LogP contribution in [0.4, 0.5) is 11.4 Å². The Morgan fingerprint density at radius 2 is 0.667 bits per heavy atom. The van der Waals surface area contributed by atoms with Gasteiger partial charge in [-0.2, -0.15) is 20.5 Å². The molecule has 0 heterocycles. The van der Waals surface area contributed by atoms with E-state index in [1.165, 1.54) is 0 Å². The smallest absolute Gasteiger partial charge is 0.186 e. The second-order valence-electron chi connectivity index (χ2n) is 18.3. The van der Waals surface area contributed by atoms with Gasteiger partial charge < -0.3 is 0 Å². The molecule has 0 radical (unpaired) electrons. The van der Waals surface area contributed by atoms with Gasteiger partial charge in [0.05, 0.1) is 23.8 Å². The molecule has 0 N–H and O–H groups in total. The van der Waals surface area contributed by atoms with Crippen molar-refractivity contribution in [3.05, 3.63) is 130 Å². The molecule has 0 aliphatic heterocycles. The van der Waals surface area contributed by atoms with Crippen LogP contribution >= 0.6 is 0 Å². The van der Waals surface area contributed by atoms with E-state index in [2.05, 4.69) is 142 Å². The number of carbonyl (C=O) groups excluding carboxylic acids is 2. The van der Waals surface area contributed by atoms with E-state index in [4.69, 9.17) is 0 Å². The van der Waals surface area contributed by atoms with E-state index in [9.17, 15) is 9.59 Å². The molecule has 2 aromatic carbocycles. The predicted octanol–water partition coefficient (Wildman–Crippen LogP) is 13.0. The predicted molar refractivity (Wildman–Crippen MR) is 210 cm³/mol. The normalized spacial score (nSPS) is 16.7. The van der Waals surface area contributed by atoms with Gasteiger partial charge in [-0.1, -0.05) is 121 Å². The summed E-state index contributed by atoms with van der Waals surface area (Å²) in [6.07, 6.45) is 11.2. The first kappa shape index (κ1) is 39.2. The summed E-state index contributed by atoms with van der Waals surface area (Å²) in [5, 5.41) is 17.7. The minimum atomic E-state index is -0.274. The van der Waals surface area contributed by atoms with Gasteiger partial charge in [0.1, 0.15) is 0 Å². The maximum atomic E-state index is 13.2. The topological polar surface area (TPSA) is 83.6 Å². The molecule has 4 rings (SSSR count). The highest BCUT2D eigenvalue weighted by atomic mass is 16.1. The average Bonchev–Trinajstić information content (AvgIpc) is 3.00. The first-order valence-electron chi connectivity index (χ1n) is 17.8. The lowest BCUT2D eigenvalue weighted by atomic mass is 9.72. The minimum absolute atomic E-state index is 0.105. The summed E-state index contributed by atoms with van der Waals surface area (Å²) in [5.41, 5.74) is 7.32. The SMILES string of the molecule is CC(C)(C)C1=CC(=CN=Nc2ccc(C(C)(C)c3ccc(N=NC=C4C=C(C(C)(C)C)C(=O)C(C(C)(C)C)=C4)cc3)cc2)C=C(C(C)(C)C)C1=O. The Bertz CT molecular complexity index is 1710. The van der Waals surface area contributed by atoms with Crippen molar-refractivity contribution in [2.75, 3.05) is 0 Å². The van der Waals surface area contributed by atoms with Crippen LogP contribution < -0.4 is 0 Å². The Morgan fingerprint density at radius 1 is 0.412 bits per heavy atom. The zero-order chi connectivity index (χ0) is 38.2. The molecule has 0 fully saturated rings. The Morgan fingerprint density at radius 3 is 0.902 bits per heavy atom. The molecule has 2 aliphatic carbocycles. The highest BCUT2D eigenvalue weighted by Gasteiger charge is 2.35. The van der Waals surface area contributed by atoms with Gasteiger partial charge >= 0.3 is 0 Å². The molecule has 0 atom stereocenters. The van der Waals surface area contributed by atoms with Gasteiger partial charge in [0.25, 0.3) is 0 Å². The maximum Gasteiger partial charge on any atom is 0.186 e. The first-order chi connectivity index (χ1) is 23.4. The fraction of sp³-hybridized carbons (Fsp3) is 0.422. The second-order valence-corrected chi connectivity index (χ2v) is 18.3. The van der Waals surface area contributed by atoms with Gasteiger partial charge in [-0.05, 0) is 92.5 Å². The molecule has 268 valence electrons. The number of ketones is 2. The van der Waals surface area contributed by atoms with Gasteiger partial charge in [-0.3, -0.25) is 9.59 Å². The fourth-order valence-corrected chi connectivity index (χ4v) is 6.06. The van der Waals surface area contributed by atoms with Crippen LogP contribution in [0.2, 0.25) is 0 Å². The van der Waals surface area contributed by atoms with Crippen LogP contribution in [0.5, 0.6) is 0 Å². The number of benzene rings is 2. The third-order valence-electron chi connectivity index (χ3n) is 9.39. The van der Waals surface area contributed by atoms with Crippen LogP contribution in [0.1, 0.15) is 108 Å². The van der Waals surface area contributed by atoms with Crippen LogP contribution in [-0.4, -0.2) is 11.6 Å². The van der Waals surface area contributed by atoms with E-state index in [-0.39, 0.29) is 38.6 Å². The van der Waals surface area contributed by atoms with Crippen LogP contribution in [-0.2, 0) is 15.0 Å². The molecule has 6 nitrogen and oxygen atoms in total. The molecule has 2 aromatic rings. The maximum absolute atomic E-state index is 13.2. The van der Waals surface area contributed by atoms with Gasteiger partial charge in [-0.15, -0.1) is 0 Å². The van der Waals surface area contributed by atoms with E-state index in [0.29, 0.717) is 0 Å². The van der Waals surface area contributed by atoms with Crippen molar-refractivity contribution >= 4 is 22.9 Å². The lowest BCUT2D eigenvalue weighted by Gasteiger charge is -2.31. The number of hydrogen-bond donors (Lipinski definition) is 0. The molecule has 0 saturated carbocycles. The van der Waals surface area contributed by atoms with Gasteiger partial charge in [-0.25, -0.2) is 0 Å². The van der Waals surface area contributed by atoms with Crippen molar-refractivity contribution in [2.45, 2.75) is 102 Å². The molecular formula is C45H56N4O2. The number of hydrogen-bond acceptors (Lipinski definition) is 6. The lowest BCUT2D eigenvalue weighted by molar-refractivity contribution is -0.114. The van der Waals surface area contributed by atoms with Crippen molar-refractivity contribution < 1.29 is 9.59 Å². The minimum Gasteiger partial charge on any atom is -0.289 e. The Balaban J connectivity index is 1.50. The van der Waals surface area contributed by atoms with Gasteiger partial charge in [0, 0.05) is 27.7 Å². The van der Waals surface area contributed by atoms with E-state index < -0.39 is 0 Å². The summed E-state index contributed by atoms with van der Waals surface area (Å²) in [6, 6.07) is 16.3. The number of rotatable bonds is 6. The molecule has 51 heavy (non-hydrogen) atoms. The quantitative estimate of drug-likeness (QED) is 0.284. The lowest BCUT2D eigenvalue weighted by Crippen LogP contribution is -2.27. The molecule has 0 aromatic heterocycles. The highest BCUT2D eigenvalue weighted by Crippen LogP contribution is 2.40. The summed E-state index contributed by atoms with van der Waals surface area (Å²) in [6.45, 7) is 29.1. The van der Waals surface area contributed by atoms with E-state index >= 15 is 0 Å². The molecule has 0 bridgehead atoms. The average molecular weight is 685 g/mol. The van der Waals surface area contributed by atoms with Crippen molar-refractivity contribution in [1.82, 2.24) is 0 Å². The van der Waals surface area contributed by atoms with Crippen LogP contribution in [0, 0.1) is 21.7 Å². The molecule has 0 saturated heterocycles. The zero-order valence-electron chi connectivity index (χ0n) is 33.2. The zero-order valence-corrected chi connectivity index (χ0v) is 33.2. The van der Waals surface area contributed by atoms with E-state index in [1.807, 2.05) is 48.6 Å². The van der Waals surface area contributed by atoms with Crippen molar-refractivity contribution in [1.29, 1.82) is 0 Å². The van der Waals surface area contributed by atoms with Crippen molar-refractivity contribution in [2.24, 2.45) is 42.1 Å². The summed E-state index contributed by atoms with van der Waals surface area (Å²) < 4.78 is 0. The monoisotopic (exact) mass is 684 g/mol. The van der Waals surface area contributed by atoms with Crippen LogP contribution in [0.3, 0.4) is 0 Å². The van der Waals surface area contributed by atoms with Crippen LogP contribution in [0.25, 0.3) is 0 Å². The molecule has 0 spiro atoms. The van der Waals surface area contributed by atoms with Gasteiger partial charge in [0.2, 0.25) is 0 Å². The molecule has 0 amide bonds. The van der Waals surface area contributed by atoms with E-state index in [0.717, 1.165) is 55.9 Å². The highest BCUT2D eigenvalue weighted by molar-refractivity contribution is 6.12. The van der Waals surface area contributed by atoms with Crippen molar-refractivity contribution in [3.8, 4) is 0 Å². The summed E-state index contributed by atoms with van der Waals surface area (Å²) >= 11 is 0. The van der Waals surface area contributed by atoms with Crippen LogP contribution in [0.15, 0.2) is 139 Å². The summed E-state index contributed by atoms with van der Waals surface area (Å²) in [7, 11) is 0. The Kier molecular flexibility index (Phi) is 10.9. The third-order valence-corrected chi connectivity index (χ3v) is 9.39.